The molecule has 0 aliphatic carbocycles. The smallest absolute Gasteiger partial charge is 0.347 e. The molecule has 0 aliphatic heterocycles. The summed E-state index contributed by atoms with van der Waals surface area (Å²) in [5.41, 5.74) is 0.0293. The molecule has 0 saturated heterocycles. The van der Waals surface area contributed by atoms with Gasteiger partial charge in [-0.05, 0) is 53.5 Å². The lowest BCUT2D eigenvalue weighted by molar-refractivity contribution is -0.151. The predicted octanol–water partition coefficient (Wildman–Crippen LogP) is 5.07. The highest BCUT2D eigenvalue weighted by atomic mass is 79.9. The van der Waals surface area contributed by atoms with Crippen molar-refractivity contribution in [1.82, 2.24) is 0 Å². The average molecular weight is 447 g/mol. The number of fused-ring (bicyclic) bond motifs is 1. The molecule has 0 amide bonds. The molecule has 1 aromatic heterocycles. The minimum atomic E-state index is -0.720. The van der Waals surface area contributed by atoms with Crippen molar-refractivity contribution < 1.29 is 23.4 Å². The fraction of sp³-hybridized carbons (Fsp3) is 0.238. The first kappa shape index (κ1) is 19.9. The number of ether oxygens (including phenoxy) is 3. The normalized spacial score (nSPS) is 11.8. The van der Waals surface area contributed by atoms with Gasteiger partial charge in [-0.2, -0.15) is 0 Å². The third kappa shape index (κ3) is 4.36. The van der Waals surface area contributed by atoms with Gasteiger partial charge in [-0.1, -0.05) is 19.1 Å². The lowest BCUT2D eigenvalue weighted by atomic mass is 10.2. The standard InChI is InChI=1S/C21H19BrO6/c1-3-16(21(24)25-4-2)27-13-9-10-14-18(11-13)26-12-19(20(14)23)28-17-8-6-5-7-15(17)22/h5-12,16H,3-4H2,1-2H3. The highest BCUT2D eigenvalue weighted by Gasteiger charge is 2.20. The maximum Gasteiger partial charge on any atom is 0.347 e. The molecule has 2 aromatic carbocycles. The lowest BCUT2D eigenvalue weighted by Gasteiger charge is -2.16. The molecule has 28 heavy (non-hydrogen) atoms. The molecule has 0 aliphatic rings. The van der Waals surface area contributed by atoms with Crippen LogP contribution in [0.2, 0.25) is 0 Å². The maximum absolute atomic E-state index is 12.7. The fourth-order valence-electron chi connectivity index (χ4n) is 2.58. The fourth-order valence-corrected chi connectivity index (χ4v) is 2.94. The van der Waals surface area contributed by atoms with Crippen LogP contribution in [0.5, 0.6) is 17.2 Å². The Morgan fingerprint density at radius 3 is 2.64 bits per heavy atom. The first-order valence-corrected chi connectivity index (χ1v) is 9.64. The van der Waals surface area contributed by atoms with Crippen molar-refractivity contribution in [1.29, 1.82) is 0 Å². The van der Waals surface area contributed by atoms with Gasteiger partial charge in [-0.3, -0.25) is 4.79 Å². The van der Waals surface area contributed by atoms with E-state index in [1.165, 1.54) is 6.26 Å². The number of hydrogen-bond donors (Lipinski definition) is 0. The van der Waals surface area contributed by atoms with E-state index in [2.05, 4.69) is 15.9 Å². The van der Waals surface area contributed by atoms with E-state index in [4.69, 9.17) is 18.6 Å². The van der Waals surface area contributed by atoms with E-state index >= 15 is 0 Å². The Balaban J connectivity index is 1.87. The Kier molecular flexibility index (Phi) is 6.36. The van der Waals surface area contributed by atoms with Crippen LogP contribution in [0.25, 0.3) is 11.0 Å². The van der Waals surface area contributed by atoms with Crippen LogP contribution in [0.1, 0.15) is 20.3 Å². The van der Waals surface area contributed by atoms with Gasteiger partial charge in [0.1, 0.15) is 23.3 Å². The number of benzene rings is 2. The van der Waals surface area contributed by atoms with E-state index in [-0.39, 0.29) is 17.8 Å². The molecule has 1 unspecified atom stereocenters. The third-order valence-electron chi connectivity index (χ3n) is 3.97. The minimum Gasteiger partial charge on any atom is -0.479 e. The van der Waals surface area contributed by atoms with Crippen LogP contribution in [0.4, 0.5) is 0 Å². The summed E-state index contributed by atoms with van der Waals surface area (Å²) in [6.45, 7) is 3.85. The number of rotatable bonds is 7. The number of halogens is 1. The van der Waals surface area contributed by atoms with Gasteiger partial charge in [0.15, 0.2) is 6.10 Å². The van der Waals surface area contributed by atoms with Crippen molar-refractivity contribution in [3.8, 4) is 17.2 Å². The molecule has 3 rings (SSSR count). The van der Waals surface area contributed by atoms with E-state index < -0.39 is 12.1 Å². The van der Waals surface area contributed by atoms with Gasteiger partial charge in [0.05, 0.1) is 16.5 Å². The second-order valence-electron chi connectivity index (χ2n) is 5.89. The zero-order chi connectivity index (χ0) is 20.1. The summed E-state index contributed by atoms with van der Waals surface area (Å²) in [4.78, 5) is 24.6. The summed E-state index contributed by atoms with van der Waals surface area (Å²) >= 11 is 3.38. The Bertz CT molecular complexity index is 1040. The number of carbonyl (C=O) groups excluding carboxylic acids is 1. The summed E-state index contributed by atoms with van der Waals surface area (Å²) in [6.07, 6.45) is 0.998. The van der Waals surface area contributed by atoms with Gasteiger partial charge in [0.25, 0.3) is 0 Å². The molecule has 0 radical (unpaired) electrons. The van der Waals surface area contributed by atoms with Crippen molar-refractivity contribution in [2.45, 2.75) is 26.4 Å². The summed E-state index contributed by atoms with van der Waals surface area (Å²) in [5.74, 6) is 0.569. The molecule has 0 N–H and O–H groups in total. The first-order chi connectivity index (χ1) is 13.5. The second-order valence-corrected chi connectivity index (χ2v) is 6.74. The van der Waals surface area contributed by atoms with Gasteiger partial charge in [-0.15, -0.1) is 0 Å². The number of hydrogen-bond acceptors (Lipinski definition) is 6. The SMILES string of the molecule is CCOC(=O)C(CC)Oc1ccc2c(=O)c(Oc3ccccc3Br)coc2c1. The van der Waals surface area contributed by atoms with E-state index in [1.807, 2.05) is 19.1 Å². The van der Waals surface area contributed by atoms with Gasteiger partial charge in [0, 0.05) is 6.07 Å². The van der Waals surface area contributed by atoms with E-state index in [0.29, 0.717) is 28.9 Å². The largest absolute Gasteiger partial charge is 0.479 e. The summed E-state index contributed by atoms with van der Waals surface area (Å²) < 4.78 is 22.7. The molecule has 0 spiro atoms. The third-order valence-corrected chi connectivity index (χ3v) is 4.62. The van der Waals surface area contributed by atoms with E-state index in [0.717, 1.165) is 4.47 Å². The van der Waals surface area contributed by atoms with Gasteiger partial charge in [0.2, 0.25) is 11.2 Å². The molecule has 146 valence electrons. The molecule has 6 nitrogen and oxygen atoms in total. The Morgan fingerprint density at radius 2 is 1.93 bits per heavy atom. The van der Waals surface area contributed by atoms with Crippen molar-refractivity contribution in [3.63, 3.8) is 0 Å². The molecule has 0 bridgehead atoms. The first-order valence-electron chi connectivity index (χ1n) is 8.84. The summed E-state index contributed by atoms with van der Waals surface area (Å²) in [5, 5.41) is 0.348. The zero-order valence-electron chi connectivity index (χ0n) is 15.4. The minimum absolute atomic E-state index is 0.0750. The Hall–Kier alpha value is -2.80. The molecule has 0 fully saturated rings. The van der Waals surface area contributed by atoms with Crippen LogP contribution in [-0.2, 0) is 9.53 Å². The summed E-state index contributed by atoms with van der Waals surface area (Å²) in [6, 6.07) is 12.0. The second kappa shape index (κ2) is 8.93. The van der Waals surface area contributed by atoms with Crippen molar-refractivity contribution in [2.75, 3.05) is 6.61 Å². The molecule has 1 heterocycles. The topological polar surface area (TPSA) is 75.0 Å². The van der Waals surface area contributed by atoms with Crippen LogP contribution in [0.15, 0.2) is 62.4 Å². The number of carbonyl (C=O) groups is 1. The van der Waals surface area contributed by atoms with Gasteiger partial charge >= 0.3 is 5.97 Å². The Morgan fingerprint density at radius 1 is 1.14 bits per heavy atom. The van der Waals surface area contributed by atoms with Crippen LogP contribution < -0.4 is 14.9 Å². The van der Waals surface area contributed by atoms with Gasteiger partial charge < -0.3 is 18.6 Å². The van der Waals surface area contributed by atoms with Crippen molar-refractivity contribution in [3.05, 3.63) is 63.4 Å². The van der Waals surface area contributed by atoms with E-state index in [9.17, 15) is 9.59 Å². The van der Waals surface area contributed by atoms with E-state index in [1.54, 1.807) is 37.3 Å². The number of para-hydroxylation sites is 1. The highest BCUT2D eigenvalue weighted by molar-refractivity contribution is 9.10. The molecule has 0 saturated carbocycles. The molecule has 7 heteroatoms. The van der Waals surface area contributed by atoms with Crippen molar-refractivity contribution in [2.24, 2.45) is 0 Å². The monoisotopic (exact) mass is 446 g/mol. The van der Waals surface area contributed by atoms with Crippen LogP contribution in [0.3, 0.4) is 0 Å². The van der Waals surface area contributed by atoms with Crippen LogP contribution in [0, 0.1) is 0 Å². The van der Waals surface area contributed by atoms with Crippen molar-refractivity contribution >= 4 is 32.9 Å². The molecule has 1 atom stereocenters. The zero-order valence-corrected chi connectivity index (χ0v) is 17.0. The Labute approximate surface area is 170 Å². The highest BCUT2D eigenvalue weighted by Crippen LogP contribution is 2.29. The molecular weight excluding hydrogens is 428 g/mol. The van der Waals surface area contributed by atoms with Crippen LogP contribution in [-0.4, -0.2) is 18.7 Å². The maximum atomic E-state index is 12.7. The summed E-state index contributed by atoms with van der Waals surface area (Å²) in [7, 11) is 0. The average Bonchev–Trinajstić information content (AvgIpc) is 2.70. The number of esters is 1. The van der Waals surface area contributed by atoms with Crippen LogP contribution >= 0.6 is 15.9 Å². The predicted molar refractivity (Wildman–Crippen MR) is 108 cm³/mol. The molecule has 3 aromatic rings. The van der Waals surface area contributed by atoms with Gasteiger partial charge in [-0.25, -0.2) is 4.79 Å². The quantitative estimate of drug-likeness (QED) is 0.471. The molecular formula is C21H19BrO6. The lowest BCUT2D eigenvalue weighted by Crippen LogP contribution is -2.28.